The lowest BCUT2D eigenvalue weighted by Gasteiger charge is -2.48. The molecule has 0 aromatic carbocycles. The van der Waals surface area contributed by atoms with Crippen molar-refractivity contribution in [3.05, 3.63) is 0 Å². The zero-order valence-electron chi connectivity index (χ0n) is 18.1. The van der Waals surface area contributed by atoms with E-state index in [0.717, 1.165) is 38.8 Å². The number of carbonyl (C=O) groups excluding carboxylic acids is 2. The molecule has 4 N–H and O–H groups in total. The first-order chi connectivity index (χ1) is 14.8. The van der Waals surface area contributed by atoms with Crippen molar-refractivity contribution in [1.29, 1.82) is 0 Å². The smallest absolute Gasteiger partial charge is 0.356 e. The van der Waals surface area contributed by atoms with Crippen LogP contribution in [0.3, 0.4) is 0 Å². The third kappa shape index (κ3) is 4.87. The summed E-state index contributed by atoms with van der Waals surface area (Å²) in [5.41, 5.74) is 0. The SMILES string of the molecule is CC1C(C(=O)NC2CCNC(C(F)(F)F)C2)CCNC1C1CCCC2C(=O)NCCC21. The van der Waals surface area contributed by atoms with E-state index in [2.05, 4.69) is 28.2 Å². The first-order valence-electron chi connectivity index (χ1n) is 11.9. The molecular weight excluding hydrogens is 409 g/mol. The minimum Gasteiger partial charge on any atom is -0.356 e. The monoisotopic (exact) mass is 444 g/mol. The Morgan fingerprint density at radius 3 is 2.55 bits per heavy atom. The molecule has 176 valence electrons. The quantitative estimate of drug-likeness (QED) is 0.536. The van der Waals surface area contributed by atoms with Crippen molar-refractivity contribution in [3.8, 4) is 0 Å². The number of carbonyl (C=O) groups is 2. The number of hydrogen-bond acceptors (Lipinski definition) is 4. The molecule has 1 aliphatic carbocycles. The van der Waals surface area contributed by atoms with Crippen LogP contribution < -0.4 is 21.3 Å². The fourth-order valence-electron chi connectivity index (χ4n) is 6.60. The molecular formula is C22H35F3N4O2. The maximum Gasteiger partial charge on any atom is 0.403 e. The highest BCUT2D eigenvalue weighted by molar-refractivity contribution is 5.80. The number of fused-ring (bicyclic) bond motifs is 1. The summed E-state index contributed by atoms with van der Waals surface area (Å²) in [5.74, 6) is 0.727. The molecule has 0 aromatic heterocycles. The summed E-state index contributed by atoms with van der Waals surface area (Å²) < 4.78 is 39.2. The Kier molecular flexibility index (Phi) is 6.82. The van der Waals surface area contributed by atoms with E-state index in [1.165, 1.54) is 0 Å². The second-order valence-electron chi connectivity index (χ2n) is 9.96. The van der Waals surface area contributed by atoms with Gasteiger partial charge >= 0.3 is 6.18 Å². The molecule has 6 nitrogen and oxygen atoms in total. The van der Waals surface area contributed by atoms with Crippen molar-refractivity contribution in [3.63, 3.8) is 0 Å². The van der Waals surface area contributed by atoms with Crippen molar-refractivity contribution in [1.82, 2.24) is 21.3 Å². The minimum absolute atomic E-state index is 0.0738. The summed E-state index contributed by atoms with van der Waals surface area (Å²) in [6, 6.07) is -1.83. The largest absolute Gasteiger partial charge is 0.403 e. The summed E-state index contributed by atoms with van der Waals surface area (Å²) >= 11 is 0. The number of nitrogens with one attached hydrogen (secondary N) is 4. The maximum atomic E-state index is 13.1. The number of halogens is 3. The Balaban J connectivity index is 1.39. The zero-order chi connectivity index (χ0) is 22.2. The van der Waals surface area contributed by atoms with Crippen LogP contribution in [0.5, 0.6) is 0 Å². The molecule has 31 heavy (non-hydrogen) atoms. The molecule has 3 heterocycles. The van der Waals surface area contributed by atoms with Crippen molar-refractivity contribution in [2.75, 3.05) is 19.6 Å². The third-order valence-corrected chi connectivity index (χ3v) is 8.21. The van der Waals surface area contributed by atoms with Gasteiger partial charge in [-0.05, 0) is 69.4 Å². The average molecular weight is 445 g/mol. The lowest BCUT2D eigenvalue weighted by atomic mass is 9.62. The molecule has 0 bridgehead atoms. The van der Waals surface area contributed by atoms with Gasteiger partial charge in [0, 0.05) is 30.5 Å². The molecule has 1 saturated carbocycles. The highest BCUT2D eigenvalue weighted by Crippen LogP contribution is 2.44. The van der Waals surface area contributed by atoms with Crippen LogP contribution in [0.25, 0.3) is 0 Å². The highest BCUT2D eigenvalue weighted by atomic mass is 19.4. The van der Waals surface area contributed by atoms with Crippen LogP contribution in [0.1, 0.15) is 51.9 Å². The van der Waals surface area contributed by atoms with Crippen LogP contribution in [-0.2, 0) is 9.59 Å². The second-order valence-corrected chi connectivity index (χ2v) is 9.96. The Hall–Kier alpha value is -1.35. The van der Waals surface area contributed by atoms with E-state index in [0.29, 0.717) is 24.7 Å². The fraction of sp³-hybridized carbons (Fsp3) is 0.909. The number of hydrogen-bond donors (Lipinski definition) is 4. The van der Waals surface area contributed by atoms with E-state index in [1.54, 1.807) is 0 Å². The van der Waals surface area contributed by atoms with E-state index in [-0.39, 0.29) is 48.6 Å². The summed E-state index contributed by atoms with van der Waals surface area (Å²) in [6.07, 6.45) is 0.813. The Morgan fingerprint density at radius 1 is 1.00 bits per heavy atom. The van der Waals surface area contributed by atoms with Crippen LogP contribution >= 0.6 is 0 Å². The summed E-state index contributed by atoms with van der Waals surface area (Å²) in [4.78, 5) is 25.4. The zero-order valence-corrected chi connectivity index (χ0v) is 18.1. The number of alkyl halides is 3. The maximum absolute atomic E-state index is 13.1. The first kappa shape index (κ1) is 22.8. The van der Waals surface area contributed by atoms with E-state index < -0.39 is 18.3 Å². The van der Waals surface area contributed by atoms with Crippen molar-refractivity contribution in [2.24, 2.45) is 29.6 Å². The molecule has 0 radical (unpaired) electrons. The molecule has 8 unspecified atom stereocenters. The lowest BCUT2D eigenvalue weighted by molar-refractivity contribution is -0.162. The predicted molar refractivity (Wildman–Crippen MR) is 110 cm³/mol. The standard InChI is InChI=1S/C22H35F3N4O2/c1-12-14(21(31)29-13-5-8-26-18(11-13)22(23,24)25)6-9-27-19(12)16-3-2-4-17-15(16)7-10-28-20(17)30/h12-19,26-27H,2-11H2,1H3,(H,28,30)(H,29,31). The van der Waals surface area contributed by atoms with Crippen LogP contribution in [0.4, 0.5) is 13.2 Å². The molecule has 3 aliphatic heterocycles. The molecule has 0 aromatic rings. The topological polar surface area (TPSA) is 82.3 Å². The fourth-order valence-corrected chi connectivity index (χ4v) is 6.60. The summed E-state index contributed by atoms with van der Waals surface area (Å²) in [5, 5.41) is 12.1. The van der Waals surface area contributed by atoms with Gasteiger partial charge in [0.05, 0.1) is 0 Å². The minimum atomic E-state index is -4.29. The molecule has 8 atom stereocenters. The van der Waals surface area contributed by atoms with Crippen LogP contribution in [0, 0.1) is 29.6 Å². The van der Waals surface area contributed by atoms with Gasteiger partial charge in [0.1, 0.15) is 6.04 Å². The van der Waals surface area contributed by atoms with Gasteiger partial charge in [0.15, 0.2) is 0 Å². The third-order valence-electron chi connectivity index (χ3n) is 8.21. The van der Waals surface area contributed by atoms with Crippen LogP contribution in [0.15, 0.2) is 0 Å². The van der Waals surface area contributed by atoms with Gasteiger partial charge in [-0.25, -0.2) is 0 Å². The molecule has 2 amide bonds. The van der Waals surface area contributed by atoms with Crippen LogP contribution in [-0.4, -0.2) is 55.8 Å². The van der Waals surface area contributed by atoms with E-state index in [4.69, 9.17) is 0 Å². The van der Waals surface area contributed by atoms with Gasteiger partial charge in [-0.15, -0.1) is 0 Å². The first-order valence-corrected chi connectivity index (χ1v) is 11.9. The lowest BCUT2D eigenvalue weighted by Crippen LogP contribution is -2.59. The van der Waals surface area contributed by atoms with Crippen molar-refractivity contribution >= 4 is 11.8 Å². The van der Waals surface area contributed by atoms with Gasteiger partial charge in [-0.2, -0.15) is 13.2 Å². The number of rotatable bonds is 3. The Labute approximate surface area is 181 Å². The molecule has 0 spiro atoms. The highest BCUT2D eigenvalue weighted by Gasteiger charge is 2.47. The summed E-state index contributed by atoms with van der Waals surface area (Å²) in [7, 11) is 0. The summed E-state index contributed by atoms with van der Waals surface area (Å²) in [6.45, 7) is 3.80. The van der Waals surface area contributed by atoms with Gasteiger partial charge in [-0.3, -0.25) is 9.59 Å². The van der Waals surface area contributed by atoms with Gasteiger partial charge in [0.25, 0.3) is 0 Å². The predicted octanol–water partition coefficient (Wildman–Crippen LogP) is 1.95. The average Bonchev–Trinajstić information content (AvgIpc) is 2.73. The molecule has 4 fully saturated rings. The van der Waals surface area contributed by atoms with E-state index in [1.807, 2.05) is 0 Å². The van der Waals surface area contributed by atoms with E-state index in [9.17, 15) is 22.8 Å². The van der Waals surface area contributed by atoms with Gasteiger partial charge in [-0.1, -0.05) is 13.3 Å². The second kappa shape index (κ2) is 9.25. The van der Waals surface area contributed by atoms with Crippen LogP contribution in [0.2, 0.25) is 0 Å². The van der Waals surface area contributed by atoms with Gasteiger partial charge < -0.3 is 21.3 Å². The molecule has 9 heteroatoms. The number of amides is 2. The van der Waals surface area contributed by atoms with Crippen molar-refractivity contribution < 1.29 is 22.8 Å². The van der Waals surface area contributed by atoms with Gasteiger partial charge in [0.2, 0.25) is 11.8 Å². The molecule has 4 aliphatic rings. The number of piperidine rings is 3. The normalized spacial score (nSPS) is 41.7. The Morgan fingerprint density at radius 2 is 1.77 bits per heavy atom. The molecule has 3 saturated heterocycles. The molecule has 4 rings (SSSR count). The van der Waals surface area contributed by atoms with Crippen molar-refractivity contribution in [2.45, 2.75) is 76.2 Å². The van der Waals surface area contributed by atoms with E-state index >= 15 is 0 Å². The Bertz CT molecular complexity index is 674.